The average molecular weight is 438 g/mol. The van der Waals surface area contributed by atoms with Crippen LogP contribution in [0.15, 0.2) is 54.6 Å². The SMILES string of the molecule is CC(C)(C)c1ccc(C(OC2CCN(CCCCCC(=O)O)CC2)c2ccccc2)cc1. The van der Waals surface area contributed by atoms with Crippen LogP contribution >= 0.6 is 0 Å². The maximum atomic E-state index is 10.6. The largest absolute Gasteiger partial charge is 0.481 e. The van der Waals surface area contributed by atoms with Gasteiger partial charge in [0.15, 0.2) is 0 Å². The maximum Gasteiger partial charge on any atom is 0.303 e. The van der Waals surface area contributed by atoms with Crippen molar-refractivity contribution in [2.24, 2.45) is 0 Å². The van der Waals surface area contributed by atoms with Gasteiger partial charge in [-0.15, -0.1) is 0 Å². The van der Waals surface area contributed by atoms with Crippen molar-refractivity contribution in [3.63, 3.8) is 0 Å². The fourth-order valence-corrected chi connectivity index (χ4v) is 4.39. The van der Waals surface area contributed by atoms with Gasteiger partial charge in [0.2, 0.25) is 0 Å². The lowest BCUT2D eigenvalue weighted by Gasteiger charge is -2.34. The van der Waals surface area contributed by atoms with E-state index in [-0.39, 0.29) is 24.0 Å². The van der Waals surface area contributed by atoms with Gasteiger partial charge in [0, 0.05) is 19.5 Å². The van der Waals surface area contributed by atoms with Crippen molar-refractivity contribution in [1.82, 2.24) is 4.90 Å². The number of benzene rings is 2. The number of rotatable bonds is 10. The van der Waals surface area contributed by atoms with Crippen LogP contribution in [0, 0.1) is 0 Å². The first-order chi connectivity index (χ1) is 15.3. The van der Waals surface area contributed by atoms with Crippen LogP contribution in [-0.4, -0.2) is 41.7 Å². The molecule has 4 nitrogen and oxygen atoms in total. The number of carboxylic acids is 1. The minimum Gasteiger partial charge on any atom is -0.481 e. The van der Waals surface area contributed by atoms with Gasteiger partial charge in [0.25, 0.3) is 0 Å². The van der Waals surface area contributed by atoms with E-state index < -0.39 is 5.97 Å². The minimum atomic E-state index is -0.691. The smallest absolute Gasteiger partial charge is 0.303 e. The first kappa shape index (κ1) is 24.5. The molecule has 0 saturated carbocycles. The Hall–Kier alpha value is -2.17. The van der Waals surface area contributed by atoms with Crippen LogP contribution in [0.4, 0.5) is 0 Å². The average Bonchev–Trinajstić information content (AvgIpc) is 2.78. The Kier molecular flexibility index (Phi) is 8.89. The molecule has 174 valence electrons. The predicted octanol–water partition coefficient (Wildman–Crippen LogP) is 6.20. The van der Waals surface area contributed by atoms with Gasteiger partial charge in [-0.1, -0.05) is 81.8 Å². The normalized spacial score (nSPS) is 16.7. The van der Waals surface area contributed by atoms with Crippen molar-refractivity contribution < 1.29 is 14.6 Å². The first-order valence-electron chi connectivity index (χ1n) is 12.1. The molecule has 1 heterocycles. The summed E-state index contributed by atoms with van der Waals surface area (Å²) in [5, 5.41) is 8.75. The summed E-state index contributed by atoms with van der Waals surface area (Å²) in [6.07, 6.45) is 5.42. The second kappa shape index (κ2) is 11.6. The lowest BCUT2D eigenvalue weighted by atomic mass is 9.86. The number of hydrogen-bond donors (Lipinski definition) is 1. The van der Waals surface area contributed by atoms with Crippen LogP contribution in [0.1, 0.15) is 82.1 Å². The Morgan fingerprint density at radius 2 is 1.59 bits per heavy atom. The molecule has 1 aliphatic rings. The predicted molar refractivity (Wildman–Crippen MR) is 130 cm³/mol. The number of piperidine rings is 1. The van der Waals surface area contributed by atoms with E-state index in [9.17, 15) is 4.79 Å². The summed E-state index contributed by atoms with van der Waals surface area (Å²) in [5.41, 5.74) is 3.90. The number of ether oxygens (including phenoxy) is 1. The van der Waals surface area contributed by atoms with Crippen molar-refractivity contribution in [2.45, 2.75) is 76.9 Å². The third-order valence-electron chi connectivity index (χ3n) is 6.41. The molecule has 1 fully saturated rings. The zero-order valence-corrected chi connectivity index (χ0v) is 19.9. The lowest BCUT2D eigenvalue weighted by Crippen LogP contribution is -2.38. The molecule has 3 rings (SSSR count). The third kappa shape index (κ3) is 7.46. The number of unbranched alkanes of at least 4 members (excludes halogenated alkanes) is 2. The molecule has 0 radical (unpaired) electrons. The fourth-order valence-electron chi connectivity index (χ4n) is 4.39. The fraction of sp³-hybridized carbons (Fsp3) is 0.536. The van der Waals surface area contributed by atoms with Gasteiger partial charge in [-0.3, -0.25) is 4.79 Å². The summed E-state index contributed by atoms with van der Waals surface area (Å²) >= 11 is 0. The Balaban J connectivity index is 1.57. The molecule has 1 atom stereocenters. The number of carboxylic acid groups (broad SMARTS) is 1. The molecule has 0 spiro atoms. The molecular formula is C28H39NO3. The number of likely N-dealkylation sites (tertiary alicyclic amines) is 1. The molecule has 1 aliphatic heterocycles. The number of hydrogen-bond acceptors (Lipinski definition) is 3. The number of carbonyl (C=O) groups is 1. The molecule has 1 saturated heterocycles. The zero-order chi connectivity index (χ0) is 23.0. The van der Waals surface area contributed by atoms with E-state index in [0.717, 1.165) is 51.7 Å². The molecule has 0 amide bonds. The highest BCUT2D eigenvalue weighted by atomic mass is 16.5. The van der Waals surface area contributed by atoms with Crippen LogP contribution < -0.4 is 0 Å². The number of aliphatic carboxylic acids is 1. The van der Waals surface area contributed by atoms with Crippen molar-refractivity contribution in [1.29, 1.82) is 0 Å². The highest BCUT2D eigenvalue weighted by Crippen LogP contribution is 2.32. The molecule has 0 aromatic heterocycles. The molecule has 4 heteroatoms. The Morgan fingerprint density at radius 3 is 2.19 bits per heavy atom. The summed E-state index contributed by atoms with van der Waals surface area (Å²) in [4.78, 5) is 13.1. The van der Waals surface area contributed by atoms with E-state index in [0.29, 0.717) is 0 Å². The molecule has 2 aromatic carbocycles. The summed E-state index contributed by atoms with van der Waals surface area (Å²) in [5.74, 6) is -0.691. The van der Waals surface area contributed by atoms with Crippen molar-refractivity contribution >= 4 is 5.97 Å². The van der Waals surface area contributed by atoms with E-state index in [1.54, 1.807) is 0 Å². The molecule has 0 aliphatic carbocycles. The van der Waals surface area contributed by atoms with E-state index in [1.165, 1.54) is 16.7 Å². The lowest BCUT2D eigenvalue weighted by molar-refractivity contribution is -0.137. The Labute approximate surface area is 193 Å². The maximum absolute atomic E-state index is 10.6. The highest BCUT2D eigenvalue weighted by molar-refractivity contribution is 5.66. The van der Waals surface area contributed by atoms with Gasteiger partial charge in [-0.05, 0) is 54.3 Å². The standard InChI is InChI=1S/C28H39NO3/c1-28(2,3)24-15-13-23(14-16-24)27(22-10-6-4-7-11-22)32-25-17-20-29(21-18-25)19-9-5-8-12-26(30)31/h4,6-7,10-11,13-16,25,27H,5,8-9,12,17-21H2,1-3H3,(H,30,31). The van der Waals surface area contributed by atoms with Gasteiger partial charge < -0.3 is 14.7 Å². The van der Waals surface area contributed by atoms with Crippen molar-refractivity contribution in [3.05, 3.63) is 71.3 Å². The second-order valence-corrected chi connectivity index (χ2v) is 10.0. The topological polar surface area (TPSA) is 49.8 Å². The van der Waals surface area contributed by atoms with Crippen LogP contribution in [-0.2, 0) is 14.9 Å². The van der Waals surface area contributed by atoms with Crippen LogP contribution in [0.5, 0.6) is 0 Å². The summed E-state index contributed by atoms with van der Waals surface area (Å²) in [6, 6.07) is 19.5. The molecule has 1 unspecified atom stereocenters. The van der Waals surface area contributed by atoms with Gasteiger partial charge in [-0.25, -0.2) is 0 Å². The Bertz CT molecular complexity index is 818. The van der Waals surface area contributed by atoms with E-state index >= 15 is 0 Å². The van der Waals surface area contributed by atoms with Crippen LogP contribution in [0.25, 0.3) is 0 Å². The van der Waals surface area contributed by atoms with Crippen LogP contribution in [0.2, 0.25) is 0 Å². The van der Waals surface area contributed by atoms with Gasteiger partial charge in [0.1, 0.15) is 6.10 Å². The van der Waals surface area contributed by atoms with Gasteiger partial charge in [-0.2, -0.15) is 0 Å². The van der Waals surface area contributed by atoms with Crippen molar-refractivity contribution in [2.75, 3.05) is 19.6 Å². The van der Waals surface area contributed by atoms with Gasteiger partial charge >= 0.3 is 5.97 Å². The molecule has 1 N–H and O–H groups in total. The number of nitrogens with zero attached hydrogens (tertiary/aromatic N) is 1. The van der Waals surface area contributed by atoms with Crippen molar-refractivity contribution in [3.8, 4) is 0 Å². The monoisotopic (exact) mass is 437 g/mol. The zero-order valence-electron chi connectivity index (χ0n) is 19.9. The third-order valence-corrected chi connectivity index (χ3v) is 6.41. The molecular weight excluding hydrogens is 398 g/mol. The summed E-state index contributed by atoms with van der Waals surface area (Å²) in [6.45, 7) is 9.89. The van der Waals surface area contributed by atoms with E-state index in [1.807, 2.05) is 0 Å². The molecule has 32 heavy (non-hydrogen) atoms. The highest BCUT2D eigenvalue weighted by Gasteiger charge is 2.25. The second-order valence-electron chi connectivity index (χ2n) is 10.0. The van der Waals surface area contributed by atoms with Crippen LogP contribution in [0.3, 0.4) is 0 Å². The first-order valence-corrected chi connectivity index (χ1v) is 12.1. The van der Waals surface area contributed by atoms with E-state index in [2.05, 4.69) is 80.3 Å². The minimum absolute atomic E-state index is 0.0437. The quantitative estimate of drug-likeness (QED) is 0.450. The summed E-state index contributed by atoms with van der Waals surface area (Å²) in [7, 11) is 0. The summed E-state index contributed by atoms with van der Waals surface area (Å²) < 4.78 is 6.71. The van der Waals surface area contributed by atoms with Gasteiger partial charge in [0.05, 0.1) is 6.10 Å². The molecule has 2 aromatic rings. The molecule has 0 bridgehead atoms. The Morgan fingerprint density at radius 1 is 0.969 bits per heavy atom. The van der Waals surface area contributed by atoms with E-state index in [4.69, 9.17) is 9.84 Å².